The van der Waals surface area contributed by atoms with Crippen LogP contribution < -0.4 is 4.74 Å². The van der Waals surface area contributed by atoms with E-state index in [9.17, 15) is 5.11 Å². The van der Waals surface area contributed by atoms with Gasteiger partial charge in [-0.1, -0.05) is 42.5 Å². The van der Waals surface area contributed by atoms with E-state index in [0.717, 1.165) is 11.1 Å². The van der Waals surface area contributed by atoms with Crippen molar-refractivity contribution in [2.75, 3.05) is 6.79 Å². The molecule has 2 aromatic carbocycles. The van der Waals surface area contributed by atoms with Crippen LogP contribution in [0.2, 0.25) is 0 Å². The molecular formula is C16H18O3. The summed E-state index contributed by atoms with van der Waals surface area (Å²) >= 11 is 0. The SMILES string of the molecule is C[C@H](O)c1cccc(OCOCc2ccccc2)c1. The third kappa shape index (κ3) is 4.39. The molecule has 100 valence electrons. The minimum absolute atomic E-state index is 0.193. The van der Waals surface area contributed by atoms with Gasteiger partial charge in [-0.2, -0.15) is 0 Å². The Kier molecular flexibility index (Phi) is 4.95. The monoisotopic (exact) mass is 258 g/mol. The highest BCUT2D eigenvalue weighted by atomic mass is 16.7. The zero-order chi connectivity index (χ0) is 13.5. The molecule has 3 heteroatoms. The number of hydrogen-bond donors (Lipinski definition) is 1. The molecule has 0 saturated heterocycles. The molecule has 0 aliphatic carbocycles. The van der Waals surface area contributed by atoms with Gasteiger partial charge in [-0.15, -0.1) is 0 Å². The molecule has 2 rings (SSSR count). The summed E-state index contributed by atoms with van der Waals surface area (Å²) in [7, 11) is 0. The maximum atomic E-state index is 9.48. The molecule has 0 heterocycles. The molecule has 0 fully saturated rings. The molecule has 1 N–H and O–H groups in total. The van der Waals surface area contributed by atoms with Crippen LogP contribution in [0.4, 0.5) is 0 Å². The molecule has 0 unspecified atom stereocenters. The molecule has 0 bridgehead atoms. The summed E-state index contributed by atoms with van der Waals surface area (Å²) in [6.07, 6.45) is -0.492. The lowest BCUT2D eigenvalue weighted by molar-refractivity contribution is 0.00491. The summed E-state index contributed by atoms with van der Waals surface area (Å²) in [4.78, 5) is 0. The predicted molar refractivity (Wildman–Crippen MR) is 73.8 cm³/mol. The van der Waals surface area contributed by atoms with Crippen LogP contribution in [0.1, 0.15) is 24.2 Å². The van der Waals surface area contributed by atoms with Gasteiger partial charge in [0.05, 0.1) is 12.7 Å². The van der Waals surface area contributed by atoms with Crippen LogP contribution in [0.25, 0.3) is 0 Å². The molecule has 0 amide bonds. The summed E-state index contributed by atoms with van der Waals surface area (Å²) in [6, 6.07) is 17.3. The van der Waals surface area contributed by atoms with Crippen LogP contribution in [0.15, 0.2) is 54.6 Å². The normalized spacial score (nSPS) is 12.1. The maximum Gasteiger partial charge on any atom is 0.189 e. The van der Waals surface area contributed by atoms with Crippen molar-refractivity contribution in [3.8, 4) is 5.75 Å². The van der Waals surface area contributed by atoms with Crippen LogP contribution in [0.3, 0.4) is 0 Å². The summed E-state index contributed by atoms with van der Waals surface area (Å²) < 4.78 is 10.9. The van der Waals surface area contributed by atoms with Gasteiger partial charge in [0.1, 0.15) is 5.75 Å². The largest absolute Gasteiger partial charge is 0.468 e. The van der Waals surface area contributed by atoms with Gasteiger partial charge in [-0.05, 0) is 30.2 Å². The first kappa shape index (κ1) is 13.6. The summed E-state index contributed by atoms with van der Waals surface area (Å²) in [5, 5.41) is 9.48. The minimum atomic E-state index is -0.492. The van der Waals surface area contributed by atoms with Gasteiger partial charge in [0.2, 0.25) is 0 Å². The lowest BCUT2D eigenvalue weighted by Crippen LogP contribution is -2.03. The Labute approximate surface area is 113 Å². The number of benzene rings is 2. The molecular weight excluding hydrogens is 240 g/mol. The Morgan fingerprint density at radius 3 is 2.58 bits per heavy atom. The topological polar surface area (TPSA) is 38.7 Å². The lowest BCUT2D eigenvalue weighted by Gasteiger charge is -2.10. The zero-order valence-corrected chi connectivity index (χ0v) is 11.0. The third-order valence-electron chi connectivity index (χ3n) is 2.76. The average molecular weight is 258 g/mol. The van der Waals surface area contributed by atoms with E-state index in [1.807, 2.05) is 54.6 Å². The first-order valence-electron chi connectivity index (χ1n) is 6.28. The fourth-order valence-electron chi connectivity index (χ4n) is 1.71. The number of aliphatic hydroxyl groups is 1. The van der Waals surface area contributed by atoms with Gasteiger partial charge >= 0.3 is 0 Å². The number of aliphatic hydroxyl groups excluding tert-OH is 1. The predicted octanol–water partition coefficient (Wildman–Crippen LogP) is 3.29. The van der Waals surface area contributed by atoms with Crippen LogP contribution in [0, 0.1) is 0 Å². The fraction of sp³-hybridized carbons (Fsp3) is 0.250. The molecule has 0 radical (unpaired) electrons. The Balaban J connectivity index is 1.78. The molecule has 3 nitrogen and oxygen atoms in total. The van der Waals surface area contributed by atoms with E-state index in [-0.39, 0.29) is 6.79 Å². The molecule has 0 aliphatic rings. The van der Waals surface area contributed by atoms with Crippen LogP contribution in [0.5, 0.6) is 5.75 Å². The molecule has 2 aromatic rings. The van der Waals surface area contributed by atoms with Gasteiger partial charge in [0.25, 0.3) is 0 Å². The Morgan fingerprint density at radius 1 is 1.05 bits per heavy atom. The van der Waals surface area contributed by atoms with Gasteiger partial charge in [0, 0.05) is 0 Å². The van der Waals surface area contributed by atoms with Crippen molar-refractivity contribution < 1.29 is 14.6 Å². The third-order valence-corrected chi connectivity index (χ3v) is 2.76. The van der Waals surface area contributed by atoms with Crippen molar-refractivity contribution in [3.63, 3.8) is 0 Å². The molecule has 0 aromatic heterocycles. The first-order chi connectivity index (χ1) is 9.25. The second-order valence-electron chi connectivity index (χ2n) is 4.34. The quantitative estimate of drug-likeness (QED) is 0.638. The fourth-order valence-corrected chi connectivity index (χ4v) is 1.71. The first-order valence-corrected chi connectivity index (χ1v) is 6.28. The van der Waals surface area contributed by atoms with Crippen LogP contribution >= 0.6 is 0 Å². The van der Waals surface area contributed by atoms with E-state index >= 15 is 0 Å². The van der Waals surface area contributed by atoms with E-state index in [1.54, 1.807) is 6.92 Å². The highest BCUT2D eigenvalue weighted by Gasteiger charge is 2.02. The molecule has 19 heavy (non-hydrogen) atoms. The van der Waals surface area contributed by atoms with Crippen molar-refractivity contribution in [1.82, 2.24) is 0 Å². The van der Waals surface area contributed by atoms with Crippen molar-refractivity contribution in [3.05, 3.63) is 65.7 Å². The van der Waals surface area contributed by atoms with E-state index in [4.69, 9.17) is 9.47 Å². The van der Waals surface area contributed by atoms with E-state index in [1.165, 1.54) is 0 Å². The Hall–Kier alpha value is -1.84. The van der Waals surface area contributed by atoms with Crippen LogP contribution in [-0.4, -0.2) is 11.9 Å². The molecule has 0 aliphatic heterocycles. The second kappa shape index (κ2) is 6.92. The lowest BCUT2D eigenvalue weighted by atomic mass is 10.1. The van der Waals surface area contributed by atoms with E-state index in [2.05, 4.69) is 0 Å². The summed E-state index contributed by atoms with van der Waals surface area (Å²) in [6.45, 7) is 2.44. The summed E-state index contributed by atoms with van der Waals surface area (Å²) in [5.74, 6) is 0.700. The minimum Gasteiger partial charge on any atom is -0.468 e. The van der Waals surface area contributed by atoms with Crippen LogP contribution in [-0.2, 0) is 11.3 Å². The average Bonchev–Trinajstić information content (AvgIpc) is 2.45. The molecule has 0 spiro atoms. The van der Waals surface area contributed by atoms with Gasteiger partial charge < -0.3 is 14.6 Å². The second-order valence-corrected chi connectivity index (χ2v) is 4.34. The Morgan fingerprint density at radius 2 is 1.84 bits per heavy atom. The van der Waals surface area contributed by atoms with Crippen molar-refractivity contribution >= 4 is 0 Å². The highest BCUT2D eigenvalue weighted by Crippen LogP contribution is 2.18. The molecule has 1 atom stereocenters. The zero-order valence-electron chi connectivity index (χ0n) is 11.0. The van der Waals surface area contributed by atoms with E-state index < -0.39 is 6.10 Å². The van der Waals surface area contributed by atoms with Crippen molar-refractivity contribution in [1.29, 1.82) is 0 Å². The number of rotatable bonds is 6. The smallest absolute Gasteiger partial charge is 0.189 e. The van der Waals surface area contributed by atoms with Gasteiger partial charge in [0.15, 0.2) is 6.79 Å². The van der Waals surface area contributed by atoms with Crippen molar-refractivity contribution in [2.24, 2.45) is 0 Å². The molecule has 0 saturated carbocycles. The Bertz CT molecular complexity index is 494. The van der Waals surface area contributed by atoms with E-state index in [0.29, 0.717) is 12.4 Å². The number of hydrogen-bond acceptors (Lipinski definition) is 3. The number of ether oxygens (including phenoxy) is 2. The highest BCUT2D eigenvalue weighted by molar-refractivity contribution is 5.29. The maximum absolute atomic E-state index is 9.48. The standard InChI is InChI=1S/C16H18O3/c1-13(17)15-8-5-9-16(10-15)19-12-18-11-14-6-3-2-4-7-14/h2-10,13,17H,11-12H2,1H3/t13-/m0/s1. The van der Waals surface area contributed by atoms with Gasteiger partial charge in [-0.25, -0.2) is 0 Å². The van der Waals surface area contributed by atoms with Gasteiger partial charge in [-0.3, -0.25) is 0 Å². The summed E-state index contributed by atoms with van der Waals surface area (Å²) in [5.41, 5.74) is 1.95. The van der Waals surface area contributed by atoms with Crippen molar-refractivity contribution in [2.45, 2.75) is 19.6 Å².